The zero-order valence-corrected chi connectivity index (χ0v) is 10.8. The molecule has 1 aromatic heterocycles. The third-order valence-electron chi connectivity index (χ3n) is 2.54. The van der Waals surface area contributed by atoms with Gasteiger partial charge >= 0.3 is 0 Å². The summed E-state index contributed by atoms with van der Waals surface area (Å²) in [6.45, 7) is 0. The van der Waals surface area contributed by atoms with Crippen molar-refractivity contribution in [2.24, 2.45) is 7.05 Å². The van der Waals surface area contributed by atoms with Crippen molar-refractivity contribution in [3.63, 3.8) is 0 Å². The van der Waals surface area contributed by atoms with Crippen molar-refractivity contribution in [1.29, 1.82) is 0 Å². The van der Waals surface area contributed by atoms with Crippen LogP contribution in [0.1, 0.15) is 15.9 Å². The van der Waals surface area contributed by atoms with Crippen molar-refractivity contribution in [1.82, 2.24) is 0 Å². The first-order chi connectivity index (χ1) is 8.66. The van der Waals surface area contributed by atoms with Crippen LogP contribution in [0.2, 0.25) is 5.02 Å². The largest absolute Gasteiger partial charge is 0.289 e. The highest BCUT2D eigenvalue weighted by molar-refractivity contribution is 6.32. The summed E-state index contributed by atoms with van der Waals surface area (Å²) in [5, 5.41) is 0.639. The molecule has 0 spiro atoms. The minimum Gasteiger partial charge on any atom is -0.289 e. The lowest BCUT2D eigenvalue weighted by molar-refractivity contribution is -0.671. The topological polar surface area (TPSA) is 20.9 Å². The third-order valence-corrected chi connectivity index (χ3v) is 2.89. The Bertz CT molecular complexity index is 605. The van der Waals surface area contributed by atoms with E-state index in [0.29, 0.717) is 10.6 Å². The van der Waals surface area contributed by atoms with E-state index in [9.17, 15) is 4.79 Å². The van der Waals surface area contributed by atoms with E-state index < -0.39 is 0 Å². The molecule has 0 fully saturated rings. The predicted octanol–water partition coefficient (Wildman–Crippen LogP) is 3.06. The number of hydrogen-bond donors (Lipinski definition) is 0. The molecule has 0 saturated heterocycles. The number of halogens is 1. The standard InChI is InChI=1S/C15H13ClNO/c1-17-10-4-6-13(11-17)15(18)9-8-12-5-2-3-7-14(12)16/h2-11H,1H3/q+1/b9-8+. The van der Waals surface area contributed by atoms with Gasteiger partial charge in [-0.05, 0) is 29.8 Å². The van der Waals surface area contributed by atoms with Crippen LogP contribution in [0.15, 0.2) is 54.9 Å². The number of benzene rings is 1. The normalized spacial score (nSPS) is 10.8. The SMILES string of the molecule is C[n+]1cccc(C(=O)/C=C/c2ccccc2Cl)c1. The number of aromatic nitrogens is 1. The average molecular weight is 259 g/mol. The maximum atomic E-state index is 11.9. The summed E-state index contributed by atoms with van der Waals surface area (Å²) in [5.41, 5.74) is 1.50. The first-order valence-corrected chi connectivity index (χ1v) is 5.97. The van der Waals surface area contributed by atoms with E-state index in [1.165, 1.54) is 6.08 Å². The van der Waals surface area contributed by atoms with Gasteiger partial charge in [-0.1, -0.05) is 29.8 Å². The van der Waals surface area contributed by atoms with E-state index in [2.05, 4.69) is 0 Å². The Labute approximate surface area is 111 Å². The van der Waals surface area contributed by atoms with E-state index in [-0.39, 0.29) is 5.78 Å². The van der Waals surface area contributed by atoms with E-state index in [0.717, 1.165) is 5.56 Å². The van der Waals surface area contributed by atoms with Gasteiger partial charge in [0.2, 0.25) is 0 Å². The molecule has 0 unspecified atom stereocenters. The van der Waals surface area contributed by atoms with Crippen LogP contribution in [0.5, 0.6) is 0 Å². The van der Waals surface area contributed by atoms with Gasteiger partial charge < -0.3 is 0 Å². The van der Waals surface area contributed by atoms with Crippen LogP contribution in [-0.4, -0.2) is 5.78 Å². The molecular formula is C15H13ClNO+. The van der Waals surface area contributed by atoms with Gasteiger partial charge in [0.05, 0.1) is 5.56 Å². The fraction of sp³-hybridized carbons (Fsp3) is 0.0667. The van der Waals surface area contributed by atoms with Crippen molar-refractivity contribution in [2.45, 2.75) is 0 Å². The zero-order valence-electron chi connectivity index (χ0n) is 10.0. The Balaban J connectivity index is 2.20. The average Bonchev–Trinajstić information content (AvgIpc) is 2.37. The monoisotopic (exact) mass is 258 g/mol. The van der Waals surface area contributed by atoms with E-state index in [1.54, 1.807) is 24.4 Å². The van der Waals surface area contributed by atoms with E-state index in [1.807, 2.05) is 42.1 Å². The fourth-order valence-electron chi connectivity index (χ4n) is 1.61. The molecule has 2 nitrogen and oxygen atoms in total. The second kappa shape index (κ2) is 5.61. The van der Waals surface area contributed by atoms with Crippen LogP contribution in [-0.2, 0) is 7.05 Å². The molecule has 0 amide bonds. The van der Waals surface area contributed by atoms with Crippen LogP contribution in [0.25, 0.3) is 6.08 Å². The minimum atomic E-state index is -0.0360. The maximum absolute atomic E-state index is 11.9. The lowest BCUT2D eigenvalue weighted by atomic mass is 10.1. The number of allylic oxidation sites excluding steroid dienone is 1. The molecule has 0 radical (unpaired) electrons. The van der Waals surface area contributed by atoms with Gasteiger partial charge in [0.15, 0.2) is 18.2 Å². The van der Waals surface area contributed by atoms with Crippen LogP contribution < -0.4 is 4.57 Å². The molecule has 1 aromatic carbocycles. The van der Waals surface area contributed by atoms with Crippen molar-refractivity contribution in [3.8, 4) is 0 Å². The van der Waals surface area contributed by atoms with E-state index >= 15 is 0 Å². The number of pyridine rings is 1. The fourth-order valence-corrected chi connectivity index (χ4v) is 1.80. The van der Waals surface area contributed by atoms with Gasteiger partial charge in [-0.15, -0.1) is 0 Å². The summed E-state index contributed by atoms with van der Waals surface area (Å²) >= 11 is 6.01. The molecule has 2 rings (SSSR count). The number of rotatable bonds is 3. The first-order valence-electron chi connectivity index (χ1n) is 5.59. The van der Waals surface area contributed by atoms with Gasteiger partial charge in [0, 0.05) is 11.1 Å². The van der Waals surface area contributed by atoms with Gasteiger partial charge in [-0.2, -0.15) is 0 Å². The molecule has 3 heteroatoms. The lowest BCUT2D eigenvalue weighted by Gasteiger charge is -1.96. The van der Waals surface area contributed by atoms with Crippen molar-refractivity contribution < 1.29 is 9.36 Å². The highest BCUT2D eigenvalue weighted by Gasteiger charge is 2.05. The zero-order chi connectivity index (χ0) is 13.0. The quantitative estimate of drug-likeness (QED) is 0.471. The highest BCUT2D eigenvalue weighted by Crippen LogP contribution is 2.16. The van der Waals surface area contributed by atoms with Crippen molar-refractivity contribution in [3.05, 3.63) is 71.0 Å². The summed E-state index contributed by atoms with van der Waals surface area (Å²) in [6.07, 6.45) is 6.95. The smallest absolute Gasteiger partial charge is 0.191 e. The Hall–Kier alpha value is -1.93. The third kappa shape index (κ3) is 3.05. The lowest BCUT2D eigenvalue weighted by Crippen LogP contribution is -2.27. The molecule has 90 valence electrons. The summed E-state index contributed by atoms with van der Waals surface area (Å²) in [4.78, 5) is 11.9. The van der Waals surface area contributed by atoms with Gasteiger partial charge in [-0.25, -0.2) is 4.57 Å². The molecule has 0 aliphatic carbocycles. The number of ketones is 1. The number of hydrogen-bond acceptors (Lipinski definition) is 1. The molecule has 0 aliphatic rings. The number of carbonyl (C=O) groups is 1. The molecule has 0 bridgehead atoms. The second-order valence-electron chi connectivity index (χ2n) is 3.98. The molecular weight excluding hydrogens is 246 g/mol. The summed E-state index contributed by atoms with van der Waals surface area (Å²) in [6, 6.07) is 11.1. The number of nitrogens with zero attached hydrogens (tertiary/aromatic N) is 1. The molecule has 0 N–H and O–H groups in total. The molecule has 1 heterocycles. The van der Waals surface area contributed by atoms with Crippen LogP contribution >= 0.6 is 11.6 Å². The van der Waals surface area contributed by atoms with E-state index in [4.69, 9.17) is 11.6 Å². The molecule has 0 aliphatic heterocycles. The van der Waals surface area contributed by atoms with Gasteiger partial charge in [0.1, 0.15) is 7.05 Å². The maximum Gasteiger partial charge on any atom is 0.191 e. The molecule has 0 atom stereocenters. The van der Waals surface area contributed by atoms with Gasteiger partial charge in [-0.3, -0.25) is 4.79 Å². The predicted molar refractivity (Wildman–Crippen MR) is 72.4 cm³/mol. The van der Waals surface area contributed by atoms with Crippen molar-refractivity contribution in [2.75, 3.05) is 0 Å². The molecule has 18 heavy (non-hydrogen) atoms. The van der Waals surface area contributed by atoms with Crippen LogP contribution in [0.4, 0.5) is 0 Å². The number of aryl methyl sites for hydroxylation is 1. The molecule has 2 aromatic rings. The summed E-state index contributed by atoms with van der Waals surface area (Å²) < 4.78 is 1.84. The molecule has 0 saturated carbocycles. The number of carbonyl (C=O) groups excluding carboxylic acids is 1. The van der Waals surface area contributed by atoms with Gasteiger partial charge in [0.25, 0.3) is 0 Å². The Morgan fingerprint density at radius 2 is 2.00 bits per heavy atom. The minimum absolute atomic E-state index is 0.0360. The van der Waals surface area contributed by atoms with Crippen LogP contribution in [0, 0.1) is 0 Å². The summed E-state index contributed by atoms with van der Waals surface area (Å²) in [5.74, 6) is -0.0360. The highest BCUT2D eigenvalue weighted by atomic mass is 35.5. The van der Waals surface area contributed by atoms with Crippen LogP contribution in [0.3, 0.4) is 0 Å². The Morgan fingerprint density at radius 3 is 2.72 bits per heavy atom. The Morgan fingerprint density at radius 1 is 1.22 bits per heavy atom. The summed E-state index contributed by atoms with van der Waals surface area (Å²) in [7, 11) is 1.88. The van der Waals surface area contributed by atoms with Crippen molar-refractivity contribution >= 4 is 23.5 Å². The second-order valence-corrected chi connectivity index (χ2v) is 4.38. The first kappa shape index (κ1) is 12.5. The Kier molecular flexibility index (Phi) is 3.90.